The van der Waals surface area contributed by atoms with Gasteiger partial charge in [0.15, 0.2) is 0 Å². The topological polar surface area (TPSA) is 34.9 Å². The van der Waals surface area contributed by atoms with Crippen molar-refractivity contribution in [3.05, 3.63) is 125 Å². The van der Waals surface area contributed by atoms with Crippen LogP contribution in [0, 0.1) is 0 Å². The van der Waals surface area contributed by atoms with Crippen LogP contribution in [0.25, 0.3) is 0 Å². The Bertz CT molecular complexity index is 1000. The van der Waals surface area contributed by atoms with Crippen LogP contribution < -0.4 is 0 Å². The third kappa shape index (κ3) is 3.69. The highest BCUT2D eigenvalue weighted by atomic mass is 35.5. The predicted octanol–water partition coefficient (Wildman–Crippen LogP) is 5.41. The molecule has 0 N–H and O–H groups in total. The molecule has 0 atom stereocenters. The summed E-state index contributed by atoms with van der Waals surface area (Å²) in [4.78, 5) is 12.7. The van der Waals surface area contributed by atoms with Gasteiger partial charge in [0, 0.05) is 16.8 Å². The minimum Gasteiger partial charge on any atom is -0.267 e. The second-order valence-electron chi connectivity index (χ2n) is 6.25. The minimum atomic E-state index is -0.183. The zero-order valence-electron chi connectivity index (χ0n) is 14.5. The highest BCUT2D eigenvalue weighted by Gasteiger charge is 2.20. The molecule has 132 valence electrons. The molecule has 0 bridgehead atoms. The zero-order chi connectivity index (χ0) is 18.6. The summed E-state index contributed by atoms with van der Waals surface area (Å²) in [6, 6.07) is 29.1. The average molecular weight is 373 g/mol. The Morgan fingerprint density at radius 3 is 1.89 bits per heavy atom. The molecule has 4 heteroatoms. The average Bonchev–Trinajstić information content (AvgIpc) is 3.19. The summed E-state index contributed by atoms with van der Waals surface area (Å²) in [7, 11) is 0. The molecule has 1 aromatic heterocycles. The van der Waals surface area contributed by atoms with Crippen LogP contribution in [0.2, 0.25) is 5.02 Å². The Kier molecular flexibility index (Phi) is 4.86. The summed E-state index contributed by atoms with van der Waals surface area (Å²) in [5.41, 5.74) is 3.64. The van der Waals surface area contributed by atoms with E-state index in [0.29, 0.717) is 10.6 Å². The maximum Gasteiger partial charge on any atom is 0.278 e. The van der Waals surface area contributed by atoms with Gasteiger partial charge in [0.2, 0.25) is 0 Å². The molecule has 3 nitrogen and oxygen atoms in total. The van der Waals surface area contributed by atoms with Crippen LogP contribution in [0.5, 0.6) is 0 Å². The fraction of sp³-hybridized carbons (Fsp3) is 0.0435. The first-order valence-corrected chi connectivity index (χ1v) is 9.06. The summed E-state index contributed by atoms with van der Waals surface area (Å²) < 4.78 is 1.39. The molecular formula is C23H17ClN2O. The third-order valence-electron chi connectivity index (χ3n) is 4.47. The van der Waals surface area contributed by atoms with Gasteiger partial charge < -0.3 is 0 Å². The maximum atomic E-state index is 12.7. The largest absolute Gasteiger partial charge is 0.278 e. The quantitative estimate of drug-likeness (QED) is 0.480. The molecular weight excluding hydrogens is 356 g/mol. The first-order chi connectivity index (χ1) is 13.2. The van der Waals surface area contributed by atoms with Crippen molar-refractivity contribution in [1.82, 2.24) is 9.78 Å². The van der Waals surface area contributed by atoms with Crippen molar-refractivity contribution in [2.45, 2.75) is 5.92 Å². The van der Waals surface area contributed by atoms with Crippen molar-refractivity contribution in [3.63, 3.8) is 0 Å². The molecule has 0 fully saturated rings. The molecule has 27 heavy (non-hydrogen) atoms. The van der Waals surface area contributed by atoms with Crippen molar-refractivity contribution in [1.29, 1.82) is 0 Å². The highest BCUT2D eigenvalue weighted by Crippen LogP contribution is 2.30. The van der Waals surface area contributed by atoms with E-state index in [0.717, 1.165) is 16.8 Å². The molecule has 0 aliphatic carbocycles. The van der Waals surface area contributed by atoms with E-state index in [1.54, 1.807) is 30.5 Å². The molecule has 0 amide bonds. The summed E-state index contributed by atoms with van der Waals surface area (Å²) in [5, 5.41) is 5.19. The van der Waals surface area contributed by atoms with Crippen LogP contribution in [0.4, 0.5) is 0 Å². The third-order valence-corrected chi connectivity index (χ3v) is 4.72. The zero-order valence-corrected chi connectivity index (χ0v) is 15.3. The van der Waals surface area contributed by atoms with Gasteiger partial charge in [0.25, 0.3) is 5.91 Å². The molecule has 0 radical (unpaired) electrons. The number of nitrogens with zero attached hydrogens (tertiary/aromatic N) is 2. The van der Waals surface area contributed by atoms with E-state index in [2.05, 4.69) is 29.4 Å². The van der Waals surface area contributed by atoms with Crippen molar-refractivity contribution in [2.75, 3.05) is 0 Å². The number of halogens is 1. The predicted molar refractivity (Wildman–Crippen MR) is 107 cm³/mol. The van der Waals surface area contributed by atoms with Gasteiger partial charge in [-0.15, -0.1) is 0 Å². The monoisotopic (exact) mass is 372 g/mol. The lowest BCUT2D eigenvalue weighted by Gasteiger charge is -2.16. The molecule has 0 spiro atoms. The Morgan fingerprint density at radius 2 is 1.33 bits per heavy atom. The lowest BCUT2D eigenvalue weighted by Crippen LogP contribution is -2.14. The fourth-order valence-electron chi connectivity index (χ4n) is 3.15. The molecule has 4 rings (SSSR count). The number of benzene rings is 3. The fourth-order valence-corrected chi connectivity index (χ4v) is 3.28. The van der Waals surface area contributed by atoms with Gasteiger partial charge in [0.05, 0.1) is 11.6 Å². The van der Waals surface area contributed by atoms with Gasteiger partial charge in [-0.2, -0.15) is 5.10 Å². The Morgan fingerprint density at radius 1 is 0.778 bits per heavy atom. The van der Waals surface area contributed by atoms with Gasteiger partial charge in [-0.1, -0.05) is 72.3 Å². The number of hydrogen-bond acceptors (Lipinski definition) is 2. The molecule has 3 aromatic carbocycles. The first-order valence-electron chi connectivity index (χ1n) is 8.68. The summed E-state index contributed by atoms with van der Waals surface area (Å²) in [6.45, 7) is 0. The van der Waals surface area contributed by atoms with E-state index < -0.39 is 0 Å². The highest BCUT2D eigenvalue weighted by molar-refractivity contribution is 6.30. The molecule has 0 saturated carbocycles. The molecule has 4 aromatic rings. The second kappa shape index (κ2) is 7.60. The van der Waals surface area contributed by atoms with Gasteiger partial charge >= 0.3 is 0 Å². The number of carbonyl (C=O) groups is 1. The van der Waals surface area contributed by atoms with E-state index in [1.807, 2.05) is 42.5 Å². The SMILES string of the molecule is O=C(c1ccc(Cl)cc1)n1ccc(C(c2ccccc2)c2ccccc2)n1. The van der Waals surface area contributed by atoms with Crippen molar-refractivity contribution < 1.29 is 4.79 Å². The van der Waals surface area contributed by atoms with Crippen LogP contribution >= 0.6 is 11.6 Å². The Balaban J connectivity index is 1.72. The van der Waals surface area contributed by atoms with Crippen molar-refractivity contribution in [3.8, 4) is 0 Å². The molecule has 0 saturated heterocycles. The van der Waals surface area contributed by atoms with E-state index >= 15 is 0 Å². The molecule has 0 aliphatic heterocycles. The van der Waals surface area contributed by atoms with Crippen LogP contribution in [0.15, 0.2) is 97.2 Å². The Labute approximate surface area is 162 Å². The Hall–Kier alpha value is -3.17. The molecule has 0 aliphatic rings. The van der Waals surface area contributed by atoms with E-state index in [-0.39, 0.29) is 11.8 Å². The van der Waals surface area contributed by atoms with Crippen LogP contribution in [-0.4, -0.2) is 15.7 Å². The van der Waals surface area contributed by atoms with Gasteiger partial charge in [-0.3, -0.25) is 4.79 Å². The van der Waals surface area contributed by atoms with Crippen LogP contribution in [0.1, 0.15) is 33.1 Å². The minimum absolute atomic E-state index is 0.0355. The number of carbonyl (C=O) groups excluding carboxylic acids is 1. The van der Waals surface area contributed by atoms with Crippen LogP contribution in [-0.2, 0) is 0 Å². The number of hydrogen-bond donors (Lipinski definition) is 0. The first kappa shape index (κ1) is 17.3. The summed E-state index contributed by atoms with van der Waals surface area (Å²) in [5.74, 6) is -0.218. The molecule has 0 unspecified atom stereocenters. The van der Waals surface area contributed by atoms with Gasteiger partial charge in [-0.05, 0) is 41.5 Å². The van der Waals surface area contributed by atoms with Crippen molar-refractivity contribution in [2.24, 2.45) is 0 Å². The van der Waals surface area contributed by atoms with Crippen molar-refractivity contribution >= 4 is 17.5 Å². The smallest absolute Gasteiger partial charge is 0.267 e. The maximum absolute atomic E-state index is 12.7. The van der Waals surface area contributed by atoms with E-state index in [4.69, 9.17) is 11.6 Å². The summed E-state index contributed by atoms with van der Waals surface area (Å²) >= 11 is 5.91. The summed E-state index contributed by atoms with van der Waals surface area (Å²) in [6.07, 6.45) is 1.71. The second-order valence-corrected chi connectivity index (χ2v) is 6.69. The lowest BCUT2D eigenvalue weighted by molar-refractivity contribution is 0.0944. The normalized spacial score (nSPS) is 10.9. The molecule has 1 heterocycles. The van der Waals surface area contributed by atoms with Gasteiger partial charge in [-0.25, -0.2) is 4.68 Å². The lowest BCUT2D eigenvalue weighted by atomic mass is 9.89. The standard InChI is InChI=1S/C23H17ClN2O/c24-20-13-11-19(12-14-20)23(27)26-16-15-21(25-26)22(17-7-3-1-4-8-17)18-9-5-2-6-10-18/h1-16,22H. The number of aromatic nitrogens is 2. The van der Waals surface area contributed by atoms with Gasteiger partial charge in [0.1, 0.15) is 0 Å². The van der Waals surface area contributed by atoms with E-state index in [9.17, 15) is 4.79 Å². The van der Waals surface area contributed by atoms with E-state index in [1.165, 1.54) is 4.68 Å². The van der Waals surface area contributed by atoms with Crippen LogP contribution in [0.3, 0.4) is 0 Å². The number of rotatable bonds is 4.